The van der Waals surface area contributed by atoms with Gasteiger partial charge in [-0.15, -0.1) is 0 Å². The maximum atomic E-state index is 6.21. The first-order chi connectivity index (χ1) is 9.54. The SMILES string of the molecule is CCCNCc1ccc(-n2nc(C)c(Cl)c2C)cc1C. The van der Waals surface area contributed by atoms with E-state index >= 15 is 0 Å². The molecule has 0 saturated carbocycles. The Balaban J connectivity index is 2.26. The summed E-state index contributed by atoms with van der Waals surface area (Å²) in [6.07, 6.45) is 1.15. The minimum Gasteiger partial charge on any atom is -0.313 e. The second kappa shape index (κ2) is 6.42. The van der Waals surface area contributed by atoms with E-state index in [0.29, 0.717) is 0 Å². The minimum atomic E-state index is 0.747. The molecule has 1 heterocycles. The van der Waals surface area contributed by atoms with Gasteiger partial charge in [0.1, 0.15) is 0 Å². The fourth-order valence-electron chi connectivity index (χ4n) is 2.29. The van der Waals surface area contributed by atoms with E-state index in [2.05, 4.69) is 42.5 Å². The van der Waals surface area contributed by atoms with E-state index in [1.165, 1.54) is 11.1 Å². The largest absolute Gasteiger partial charge is 0.313 e. The smallest absolute Gasteiger partial charge is 0.0848 e. The highest BCUT2D eigenvalue weighted by Crippen LogP contribution is 2.23. The molecule has 0 spiro atoms. The summed E-state index contributed by atoms with van der Waals surface area (Å²) in [6, 6.07) is 6.43. The summed E-state index contributed by atoms with van der Waals surface area (Å²) in [5.41, 5.74) is 5.52. The Bertz CT molecular complexity index is 602. The van der Waals surface area contributed by atoms with Gasteiger partial charge >= 0.3 is 0 Å². The molecule has 0 bridgehead atoms. The molecule has 20 heavy (non-hydrogen) atoms. The fourth-order valence-corrected chi connectivity index (χ4v) is 2.40. The van der Waals surface area contributed by atoms with Crippen molar-refractivity contribution in [2.45, 2.75) is 40.7 Å². The molecule has 0 aliphatic carbocycles. The number of rotatable bonds is 5. The van der Waals surface area contributed by atoms with Gasteiger partial charge in [0.2, 0.25) is 0 Å². The van der Waals surface area contributed by atoms with Crippen LogP contribution >= 0.6 is 11.6 Å². The Morgan fingerprint density at radius 3 is 2.55 bits per heavy atom. The molecule has 0 fully saturated rings. The van der Waals surface area contributed by atoms with Gasteiger partial charge in [-0.25, -0.2) is 4.68 Å². The van der Waals surface area contributed by atoms with Gasteiger partial charge in [0, 0.05) is 6.54 Å². The zero-order valence-corrected chi connectivity index (χ0v) is 13.4. The van der Waals surface area contributed by atoms with Crippen LogP contribution in [-0.4, -0.2) is 16.3 Å². The lowest BCUT2D eigenvalue weighted by atomic mass is 10.1. The highest BCUT2D eigenvalue weighted by Gasteiger charge is 2.11. The topological polar surface area (TPSA) is 29.9 Å². The van der Waals surface area contributed by atoms with Crippen molar-refractivity contribution < 1.29 is 0 Å². The number of benzene rings is 1. The lowest BCUT2D eigenvalue weighted by Crippen LogP contribution is -2.14. The lowest BCUT2D eigenvalue weighted by molar-refractivity contribution is 0.673. The molecule has 108 valence electrons. The van der Waals surface area contributed by atoms with Crippen LogP contribution in [0.2, 0.25) is 5.02 Å². The molecular weight excluding hydrogens is 270 g/mol. The van der Waals surface area contributed by atoms with Crippen LogP contribution in [0.4, 0.5) is 0 Å². The summed E-state index contributed by atoms with van der Waals surface area (Å²) >= 11 is 6.21. The lowest BCUT2D eigenvalue weighted by Gasteiger charge is -2.10. The second-order valence-corrected chi connectivity index (χ2v) is 5.56. The zero-order valence-electron chi connectivity index (χ0n) is 12.6. The van der Waals surface area contributed by atoms with Crippen molar-refractivity contribution in [1.29, 1.82) is 0 Å². The van der Waals surface area contributed by atoms with Crippen molar-refractivity contribution >= 4 is 11.6 Å². The maximum Gasteiger partial charge on any atom is 0.0848 e. The van der Waals surface area contributed by atoms with Crippen molar-refractivity contribution in [3.8, 4) is 5.69 Å². The number of hydrogen-bond acceptors (Lipinski definition) is 2. The van der Waals surface area contributed by atoms with Crippen molar-refractivity contribution in [2.75, 3.05) is 6.54 Å². The standard InChI is InChI=1S/C16H22ClN3/c1-5-8-18-10-14-6-7-15(9-11(14)2)20-13(4)16(17)12(3)19-20/h6-7,9,18H,5,8,10H2,1-4H3. The van der Waals surface area contributed by atoms with E-state index in [-0.39, 0.29) is 0 Å². The number of nitrogens with one attached hydrogen (secondary N) is 1. The molecule has 0 unspecified atom stereocenters. The summed E-state index contributed by atoms with van der Waals surface area (Å²) in [7, 11) is 0. The molecule has 4 heteroatoms. The van der Waals surface area contributed by atoms with E-state index in [9.17, 15) is 0 Å². The molecule has 3 nitrogen and oxygen atoms in total. The molecule has 0 radical (unpaired) electrons. The van der Waals surface area contributed by atoms with Crippen LogP contribution in [0.15, 0.2) is 18.2 Å². The molecule has 0 amide bonds. The normalized spacial score (nSPS) is 11.1. The molecule has 0 aliphatic rings. The molecule has 1 aromatic carbocycles. The quantitative estimate of drug-likeness (QED) is 0.845. The van der Waals surface area contributed by atoms with Gasteiger partial charge in [-0.1, -0.05) is 24.6 Å². The van der Waals surface area contributed by atoms with Crippen LogP contribution in [0, 0.1) is 20.8 Å². The number of aromatic nitrogens is 2. The molecule has 0 saturated heterocycles. The average Bonchev–Trinajstić information content (AvgIpc) is 2.68. The first-order valence-corrected chi connectivity index (χ1v) is 7.44. The molecule has 1 aromatic heterocycles. The van der Waals surface area contributed by atoms with Crippen molar-refractivity contribution in [2.24, 2.45) is 0 Å². The summed E-state index contributed by atoms with van der Waals surface area (Å²) in [5, 5.41) is 8.67. The van der Waals surface area contributed by atoms with Crippen LogP contribution in [-0.2, 0) is 6.54 Å². The van der Waals surface area contributed by atoms with E-state index in [1.807, 2.05) is 18.5 Å². The van der Waals surface area contributed by atoms with E-state index in [4.69, 9.17) is 11.6 Å². The van der Waals surface area contributed by atoms with E-state index in [0.717, 1.165) is 41.6 Å². The molecule has 1 N–H and O–H groups in total. The zero-order chi connectivity index (χ0) is 14.7. The van der Waals surface area contributed by atoms with Crippen LogP contribution in [0.5, 0.6) is 0 Å². The van der Waals surface area contributed by atoms with E-state index in [1.54, 1.807) is 0 Å². The van der Waals surface area contributed by atoms with Crippen LogP contribution < -0.4 is 5.32 Å². The molecular formula is C16H22ClN3. The van der Waals surface area contributed by atoms with E-state index < -0.39 is 0 Å². The summed E-state index contributed by atoms with van der Waals surface area (Å²) in [4.78, 5) is 0. The maximum absolute atomic E-state index is 6.21. The Labute approximate surface area is 126 Å². The molecule has 2 rings (SSSR count). The molecule has 0 atom stereocenters. The number of halogens is 1. The Morgan fingerprint density at radius 1 is 1.25 bits per heavy atom. The first-order valence-electron chi connectivity index (χ1n) is 7.07. The minimum absolute atomic E-state index is 0.747. The van der Waals surface area contributed by atoms with Gasteiger partial charge < -0.3 is 5.32 Å². The highest BCUT2D eigenvalue weighted by molar-refractivity contribution is 6.31. The number of hydrogen-bond donors (Lipinski definition) is 1. The van der Waals surface area contributed by atoms with Gasteiger partial charge in [0.15, 0.2) is 0 Å². The van der Waals surface area contributed by atoms with Gasteiger partial charge in [-0.3, -0.25) is 0 Å². The summed E-state index contributed by atoms with van der Waals surface area (Å²) in [5.74, 6) is 0. The fraction of sp³-hybridized carbons (Fsp3) is 0.438. The Morgan fingerprint density at radius 2 is 2.00 bits per heavy atom. The predicted octanol–water partition coefficient (Wildman–Crippen LogP) is 3.95. The third-order valence-corrected chi connectivity index (χ3v) is 4.06. The van der Waals surface area contributed by atoms with Crippen LogP contribution in [0.1, 0.15) is 35.9 Å². The van der Waals surface area contributed by atoms with Gasteiger partial charge in [0.25, 0.3) is 0 Å². The number of nitrogens with zero attached hydrogens (tertiary/aromatic N) is 2. The monoisotopic (exact) mass is 291 g/mol. The van der Waals surface area contributed by atoms with Crippen molar-refractivity contribution in [3.05, 3.63) is 45.7 Å². The van der Waals surface area contributed by atoms with Crippen molar-refractivity contribution in [3.63, 3.8) is 0 Å². The highest BCUT2D eigenvalue weighted by atomic mass is 35.5. The van der Waals surface area contributed by atoms with Gasteiger partial charge in [0.05, 0.1) is 22.1 Å². The molecule has 2 aromatic rings. The second-order valence-electron chi connectivity index (χ2n) is 5.18. The third-order valence-electron chi connectivity index (χ3n) is 3.52. The van der Waals surface area contributed by atoms with Gasteiger partial charge in [-0.2, -0.15) is 5.10 Å². The predicted molar refractivity (Wildman–Crippen MR) is 84.8 cm³/mol. The Kier molecular flexibility index (Phi) is 4.84. The van der Waals surface area contributed by atoms with Crippen LogP contribution in [0.25, 0.3) is 5.69 Å². The Hall–Kier alpha value is -1.32. The summed E-state index contributed by atoms with van der Waals surface area (Å²) < 4.78 is 1.91. The van der Waals surface area contributed by atoms with Gasteiger partial charge in [-0.05, 0) is 57.0 Å². The average molecular weight is 292 g/mol. The third kappa shape index (κ3) is 3.05. The van der Waals surface area contributed by atoms with Crippen molar-refractivity contribution in [1.82, 2.24) is 15.1 Å². The summed E-state index contributed by atoms with van der Waals surface area (Å²) in [6.45, 7) is 10.2. The molecule has 0 aliphatic heterocycles. The van der Waals surface area contributed by atoms with Crippen LogP contribution in [0.3, 0.4) is 0 Å². The number of aryl methyl sites for hydroxylation is 2. The first kappa shape index (κ1) is 15.1.